The van der Waals surface area contributed by atoms with Crippen molar-refractivity contribution in [2.75, 3.05) is 31.0 Å². The molecule has 0 aromatic carbocycles. The summed E-state index contributed by atoms with van der Waals surface area (Å²) in [5.74, 6) is -1.88. The lowest BCUT2D eigenvalue weighted by molar-refractivity contribution is -0.116. The Bertz CT molecular complexity index is 1720. The third kappa shape index (κ3) is 4.71. The van der Waals surface area contributed by atoms with E-state index in [0.29, 0.717) is 11.5 Å². The van der Waals surface area contributed by atoms with E-state index in [1.165, 1.54) is 46.9 Å². The first kappa shape index (κ1) is 26.4. The summed E-state index contributed by atoms with van der Waals surface area (Å²) in [6.07, 6.45) is 2.47. The monoisotopic (exact) mass is 546 g/mol. The molecular weight excluding hydrogens is 523 g/mol. The van der Waals surface area contributed by atoms with Crippen LogP contribution in [0.4, 0.5) is 16.0 Å². The van der Waals surface area contributed by atoms with Crippen LogP contribution in [0, 0.1) is 5.82 Å². The van der Waals surface area contributed by atoms with Crippen LogP contribution in [0.25, 0.3) is 5.65 Å². The fourth-order valence-corrected chi connectivity index (χ4v) is 4.33. The number of hydrogen-bond donors (Lipinski definition) is 1. The van der Waals surface area contributed by atoms with Gasteiger partial charge in [0.15, 0.2) is 5.69 Å². The number of hydrogen-bond acceptors (Lipinski definition) is 8. The van der Waals surface area contributed by atoms with Gasteiger partial charge in [-0.25, -0.2) is 14.4 Å². The first-order valence-corrected chi connectivity index (χ1v) is 11.9. The molecule has 1 N–H and O–H groups in total. The Balaban J connectivity index is 1.59. The molecule has 5 rings (SSSR count). The number of nitrogens with one attached hydrogen (secondary N) is 1. The van der Waals surface area contributed by atoms with E-state index in [1.54, 1.807) is 18.2 Å². The molecule has 0 saturated carbocycles. The minimum atomic E-state index is -0.623. The van der Waals surface area contributed by atoms with Crippen LogP contribution < -0.4 is 15.8 Å². The number of nitrogens with zero attached hydrogens (tertiary/aromatic N) is 7. The average molecular weight is 547 g/mol. The summed E-state index contributed by atoms with van der Waals surface area (Å²) in [5, 5.41) is 6.77. The second-order valence-electron chi connectivity index (χ2n) is 8.87. The van der Waals surface area contributed by atoms with Crippen LogP contribution in [-0.4, -0.2) is 67.5 Å². The standard InChI is InChI=1S/C26H23FN8O5/c1-15(14-40-3)33-12-17-23(26(33)39)34(13-21(36)30-19-8-7-16(27)11-29-19)22-10-18(31-35(22)24(17)37)25(38)32(2)20-6-4-5-9-28-20/h4-11H,1,12-14H2,2-3H3,(H,29,30,36). The highest BCUT2D eigenvalue weighted by Crippen LogP contribution is 2.26. The molecule has 14 heteroatoms. The number of fused-ring (bicyclic) bond motifs is 2. The van der Waals surface area contributed by atoms with E-state index < -0.39 is 35.6 Å². The molecule has 4 aromatic rings. The van der Waals surface area contributed by atoms with Gasteiger partial charge in [-0.15, -0.1) is 0 Å². The summed E-state index contributed by atoms with van der Waals surface area (Å²) >= 11 is 0. The lowest BCUT2D eigenvalue weighted by Gasteiger charge is -2.18. The van der Waals surface area contributed by atoms with Crippen molar-refractivity contribution >= 4 is 35.0 Å². The van der Waals surface area contributed by atoms with Gasteiger partial charge in [-0.05, 0) is 24.3 Å². The SMILES string of the molecule is C=C(COC)N1Cc2c(n(CC(=O)Nc3ccc(F)cn3)c3cc(C(=O)N(C)c4ccccn4)nn3c2=O)C1=O. The van der Waals surface area contributed by atoms with Crippen molar-refractivity contribution in [3.8, 4) is 0 Å². The predicted molar refractivity (Wildman–Crippen MR) is 140 cm³/mol. The fraction of sp³-hybridized carbons (Fsp3) is 0.192. The lowest BCUT2D eigenvalue weighted by Crippen LogP contribution is -2.30. The van der Waals surface area contributed by atoms with Gasteiger partial charge < -0.3 is 19.5 Å². The number of aromatic nitrogens is 5. The Hall–Kier alpha value is -5.24. The molecule has 0 fully saturated rings. The number of methoxy groups -OCH3 is 1. The van der Waals surface area contributed by atoms with Gasteiger partial charge in [-0.1, -0.05) is 12.6 Å². The molecule has 204 valence electrons. The maximum atomic E-state index is 13.5. The number of amides is 3. The molecule has 4 aromatic heterocycles. The topological polar surface area (TPSA) is 144 Å². The van der Waals surface area contributed by atoms with Gasteiger partial charge in [-0.3, -0.25) is 24.1 Å². The Morgan fingerprint density at radius 1 is 1.20 bits per heavy atom. The molecule has 0 spiro atoms. The zero-order valence-electron chi connectivity index (χ0n) is 21.5. The minimum absolute atomic E-state index is 0.0382. The van der Waals surface area contributed by atoms with Gasteiger partial charge in [0.1, 0.15) is 35.3 Å². The van der Waals surface area contributed by atoms with Crippen molar-refractivity contribution in [1.82, 2.24) is 29.0 Å². The molecule has 13 nitrogen and oxygen atoms in total. The van der Waals surface area contributed by atoms with Gasteiger partial charge in [0.05, 0.1) is 24.9 Å². The van der Waals surface area contributed by atoms with Crippen LogP contribution in [0.5, 0.6) is 0 Å². The van der Waals surface area contributed by atoms with Gasteiger partial charge in [0, 0.05) is 32.1 Å². The second kappa shape index (κ2) is 10.5. The normalized spacial score (nSPS) is 12.5. The van der Waals surface area contributed by atoms with E-state index in [2.05, 4.69) is 27.0 Å². The molecule has 0 atom stereocenters. The average Bonchev–Trinajstić information content (AvgIpc) is 3.55. The molecule has 0 aliphatic carbocycles. The molecule has 0 bridgehead atoms. The van der Waals surface area contributed by atoms with Gasteiger partial charge in [-0.2, -0.15) is 9.61 Å². The highest BCUT2D eigenvalue weighted by molar-refractivity contribution is 6.05. The van der Waals surface area contributed by atoms with Crippen LogP contribution in [-0.2, 0) is 22.6 Å². The molecule has 0 unspecified atom stereocenters. The van der Waals surface area contributed by atoms with Crippen molar-refractivity contribution in [1.29, 1.82) is 0 Å². The molecule has 1 aliphatic rings. The van der Waals surface area contributed by atoms with E-state index in [1.807, 2.05) is 0 Å². The van der Waals surface area contributed by atoms with Crippen molar-refractivity contribution in [2.45, 2.75) is 13.1 Å². The van der Waals surface area contributed by atoms with E-state index in [4.69, 9.17) is 4.74 Å². The number of rotatable bonds is 8. The molecule has 0 saturated heterocycles. The van der Waals surface area contributed by atoms with Crippen LogP contribution in [0.2, 0.25) is 0 Å². The first-order valence-electron chi connectivity index (χ1n) is 11.9. The number of anilines is 2. The third-order valence-corrected chi connectivity index (χ3v) is 6.24. The maximum absolute atomic E-state index is 13.5. The van der Waals surface area contributed by atoms with Crippen LogP contribution in [0.1, 0.15) is 26.5 Å². The van der Waals surface area contributed by atoms with E-state index in [9.17, 15) is 23.6 Å². The quantitative estimate of drug-likeness (QED) is 0.350. The smallest absolute Gasteiger partial charge is 0.280 e. The molecule has 0 radical (unpaired) electrons. The van der Waals surface area contributed by atoms with Crippen LogP contribution in [0.3, 0.4) is 0 Å². The van der Waals surface area contributed by atoms with Crippen molar-refractivity contribution in [3.05, 3.63) is 94.2 Å². The molecule has 40 heavy (non-hydrogen) atoms. The minimum Gasteiger partial charge on any atom is -0.379 e. The molecular formula is C26H23FN8O5. The zero-order chi connectivity index (χ0) is 28.6. The first-order chi connectivity index (χ1) is 19.2. The third-order valence-electron chi connectivity index (χ3n) is 6.24. The van der Waals surface area contributed by atoms with Crippen LogP contribution >= 0.6 is 0 Å². The molecule has 3 amide bonds. The fourth-order valence-electron chi connectivity index (χ4n) is 4.33. The summed E-state index contributed by atoms with van der Waals surface area (Å²) in [4.78, 5) is 63.8. The number of pyridine rings is 2. The van der Waals surface area contributed by atoms with E-state index in [-0.39, 0.29) is 41.6 Å². The summed E-state index contributed by atoms with van der Waals surface area (Å²) < 4.78 is 20.6. The largest absolute Gasteiger partial charge is 0.379 e. The van der Waals surface area contributed by atoms with Crippen LogP contribution in [0.15, 0.2) is 65.9 Å². The molecule has 5 heterocycles. The van der Waals surface area contributed by atoms with Crippen molar-refractivity contribution in [2.24, 2.45) is 0 Å². The number of halogens is 1. The highest BCUT2D eigenvalue weighted by atomic mass is 19.1. The summed E-state index contributed by atoms with van der Waals surface area (Å²) in [6, 6.07) is 8.79. The summed E-state index contributed by atoms with van der Waals surface area (Å²) in [7, 11) is 2.95. The van der Waals surface area contributed by atoms with Gasteiger partial charge in [0.25, 0.3) is 17.4 Å². The Morgan fingerprint density at radius 2 is 2.00 bits per heavy atom. The highest BCUT2D eigenvalue weighted by Gasteiger charge is 2.37. The summed E-state index contributed by atoms with van der Waals surface area (Å²) in [5.41, 5.74) is -0.341. The lowest BCUT2D eigenvalue weighted by atomic mass is 10.2. The van der Waals surface area contributed by atoms with Gasteiger partial charge >= 0.3 is 0 Å². The second-order valence-corrected chi connectivity index (χ2v) is 8.87. The summed E-state index contributed by atoms with van der Waals surface area (Å²) in [6.45, 7) is 3.33. The number of carbonyl (C=O) groups is 3. The van der Waals surface area contributed by atoms with E-state index >= 15 is 0 Å². The molecule has 1 aliphatic heterocycles. The van der Waals surface area contributed by atoms with Gasteiger partial charge in [0.2, 0.25) is 5.91 Å². The Kier molecular flexibility index (Phi) is 6.92. The maximum Gasteiger partial charge on any atom is 0.280 e. The van der Waals surface area contributed by atoms with Crippen molar-refractivity contribution < 1.29 is 23.5 Å². The van der Waals surface area contributed by atoms with Crippen molar-refractivity contribution in [3.63, 3.8) is 0 Å². The Morgan fingerprint density at radius 3 is 2.67 bits per heavy atom. The Labute approximate surface area is 226 Å². The number of ether oxygens (including phenoxy) is 1. The predicted octanol–water partition coefficient (Wildman–Crippen LogP) is 1.46. The zero-order valence-corrected chi connectivity index (χ0v) is 21.5. The van der Waals surface area contributed by atoms with E-state index in [0.717, 1.165) is 16.8 Å². The number of carbonyl (C=O) groups excluding carboxylic acids is 3.